The lowest BCUT2D eigenvalue weighted by Gasteiger charge is -2.44. The van der Waals surface area contributed by atoms with Gasteiger partial charge in [0.15, 0.2) is 0 Å². The summed E-state index contributed by atoms with van der Waals surface area (Å²) in [4.78, 5) is 2.28. The maximum absolute atomic E-state index is 12.2. The maximum atomic E-state index is 12.2. The average molecular weight is 266 g/mol. The van der Waals surface area contributed by atoms with Crippen LogP contribution in [0.1, 0.15) is 46.0 Å². The molecule has 1 aliphatic heterocycles. The van der Waals surface area contributed by atoms with Gasteiger partial charge >= 0.3 is 6.18 Å². The van der Waals surface area contributed by atoms with E-state index in [1.165, 1.54) is 0 Å². The monoisotopic (exact) mass is 266 g/mol. The molecule has 1 rings (SSSR count). The number of halogens is 3. The van der Waals surface area contributed by atoms with E-state index in [4.69, 9.17) is 5.73 Å². The first-order valence-corrected chi connectivity index (χ1v) is 6.79. The fraction of sp³-hybridized carbons (Fsp3) is 1.00. The summed E-state index contributed by atoms with van der Waals surface area (Å²) >= 11 is 0. The average Bonchev–Trinajstić information content (AvgIpc) is 2.28. The molecule has 0 aromatic carbocycles. The summed E-state index contributed by atoms with van der Waals surface area (Å²) in [6.07, 6.45) is -1.82. The molecule has 0 spiro atoms. The van der Waals surface area contributed by atoms with Gasteiger partial charge in [-0.2, -0.15) is 13.2 Å². The second-order valence-electron chi connectivity index (χ2n) is 5.84. The summed E-state index contributed by atoms with van der Waals surface area (Å²) in [6.45, 7) is 6.57. The van der Waals surface area contributed by atoms with Crippen LogP contribution in [0.5, 0.6) is 0 Å². The molecule has 0 amide bonds. The Morgan fingerprint density at radius 3 is 2.17 bits per heavy atom. The van der Waals surface area contributed by atoms with E-state index in [2.05, 4.69) is 11.8 Å². The summed E-state index contributed by atoms with van der Waals surface area (Å²) in [5.41, 5.74) is 5.53. The molecule has 2 N–H and O–H groups in total. The van der Waals surface area contributed by atoms with Gasteiger partial charge in [-0.1, -0.05) is 6.92 Å². The van der Waals surface area contributed by atoms with Crippen LogP contribution in [0.25, 0.3) is 0 Å². The predicted octanol–water partition coefficient (Wildman–Crippen LogP) is 3.17. The second kappa shape index (κ2) is 6.24. The minimum Gasteiger partial charge on any atom is -0.329 e. The van der Waals surface area contributed by atoms with E-state index in [1.807, 2.05) is 6.92 Å². The predicted molar refractivity (Wildman–Crippen MR) is 67.3 cm³/mol. The van der Waals surface area contributed by atoms with Crippen molar-refractivity contribution in [2.45, 2.75) is 57.7 Å². The number of piperidine rings is 1. The fourth-order valence-electron chi connectivity index (χ4n) is 2.61. The van der Waals surface area contributed by atoms with Crippen molar-refractivity contribution in [2.75, 3.05) is 19.6 Å². The quantitative estimate of drug-likeness (QED) is 0.828. The third-order valence-corrected chi connectivity index (χ3v) is 4.16. The number of rotatable bonds is 5. The Kier molecular flexibility index (Phi) is 5.46. The SMILES string of the molecule is CC1CCN(C(C)(CN)CCCC(F)(F)F)CC1. The van der Waals surface area contributed by atoms with Gasteiger partial charge in [0.05, 0.1) is 0 Å². The number of likely N-dealkylation sites (tertiary alicyclic amines) is 1. The van der Waals surface area contributed by atoms with Gasteiger partial charge < -0.3 is 5.73 Å². The largest absolute Gasteiger partial charge is 0.389 e. The maximum Gasteiger partial charge on any atom is 0.389 e. The fourth-order valence-corrected chi connectivity index (χ4v) is 2.61. The summed E-state index contributed by atoms with van der Waals surface area (Å²) < 4.78 is 36.6. The molecule has 0 aliphatic carbocycles. The van der Waals surface area contributed by atoms with Crippen molar-refractivity contribution in [2.24, 2.45) is 11.7 Å². The molecule has 0 aromatic heterocycles. The van der Waals surface area contributed by atoms with Crippen LogP contribution in [0.2, 0.25) is 0 Å². The van der Waals surface area contributed by atoms with Gasteiger partial charge in [0.25, 0.3) is 0 Å². The number of nitrogens with zero attached hydrogens (tertiary/aromatic N) is 1. The molecule has 1 saturated heterocycles. The molecule has 1 heterocycles. The van der Waals surface area contributed by atoms with Crippen molar-refractivity contribution < 1.29 is 13.2 Å². The molecule has 1 fully saturated rings. The van der Waals surface area contributed by atoms with Crippen LogP contribution in [-0.2, 0) is 0 Å². The van der Waals surface area contributed by atoms with Crippen molar-refractivity contribution in [3.63, 3.8) is 0 Å². The topological polar surface area (TPSA) is 29.3 Å². The van der Waals surface area contributed by atoms with Gasteiger partial charge in [-0.3, -0.25) is 4.90 Å². The van der Waals surface area contributed by atoms with Gasteiger partial charge in [0.1, 0.15) is 0 Å². The van der Waals surface area contributed by atoms with Crippen molar-refractivity contribution in [1.29, 1.82) is 0 Å². The lowest BCUT2D eigenvalue weighted by Crippen LogP contribution is -2.54. The van der Waals surface area contributed by atoms with E-state index in [1.54, 1.807) is 0 Å². The Bertz CT molecular complexity index is 247. The second-order valence-corrected chi connectivity index (χ2v) is 5.84. The van der Waals surface area contributed by atoms with Gasteiger partial charge in [0, 0.05) is 18.5 Å². The number of hydrogen-bond donors (Lipinski definition) is 1. The standard InChI is InChI=1S/C13H25F3N2/c1-11-4-8-18(9-5-11)12(2,10-17)6-3-7-13(14,15)16/h11H,3-10,17H2,1-2H3. The summed E-state index contributed by atoms with van der Waals surface area (Å²) in [5.74, 6) is 0.721. The van der Waals surface area contributed by atoms with Crippen molar-refractivity contribution >= 4 is 0 Å². The Morgan fingerprint density at radius 2 is 1.72 bits per heavy atom. The lowest BCUT2D eigenvalue weighted by atomic mass is 9.88. The summed E-state index contributed by atoms with van der Waals surface area (Å²) in [6, 6.07) is 0. The van der Waals surface area contributed by atoms with Crippen LogP contribution in [0, 0.1) is 5.92 Å². The zero-order valence-electron chi connectivity index (χ0n) is 11.4. The van der Waals surface area contributed by atoms with E-state index in [-0.39, 0.29) is 12.0 Å². The molecule has 1 atom stereocenters. The molecule has 0 aromatic rings. The summed E-state index contributed by atoms with van der Waals surface area (Å²) in [5, 5.41) is 0. The van der Waals surface area contributed by atoms with E-state index >= 15 is 0 Å². The van der Waals surface area contributed by atoms with Crippen molar-refractivity contribution in [3.8, 4) is 0 Å². The Labute approximate surface area is 108 Å². The van der Waals surface area contributed by atoms with E-state index in [0.29, 0.717) is 13.0 Å². The lowest BCUT2D eigenvalue weighted by molar-refractivity contribution is -0.137. The first-order chi connectivity index (χ1) is 8.27. The molecule has 18 heavy (non-hydrogen) atoms. The highest BCUT2D eigenvalue weighted by Crippen LogP contribution is 2.30. The van der Waals surface area contributed by atoms with Crippen LogP contribution in [0.4, 0.5) is 13.2 Å². The van der Waals surface area contributed by atoms with Gasteiger partial charge in [-0.25, -0.2) is 0 Å². The Hall–Kier alpha value is -0.290. The number of nitrogens with two attached hydrogens (primary N) is 1. The van der Waals surface area contributed by atoms with Gasteiger partial charge in [-0.15, -0.1) is 0 Å². The molecule has 1 unspecified atom stereocenters. The van der Waals surface area contributed by atoms with Crippen LogP contribution in [0.15, 0.2) is 0 Å². The highest BCUT2D eigenvalue weighted by molar-refractivity contribution is 4.89. The first-order valence-electron chi connectivity index (χ1n) is 6.79. The zero-order valence-corrected chi connectivity index (χ0v) is 11.4. The summed E-state index contributed by atoms with van der Waals surface area (Å²) in [7, 11) is 0. The van der Waals surface area contributed by atoms with Crippen LogP contribution in [0.3, 0.4) is 0 Å². The molecule has 5 heteroatoms. The molecule has 108 valence electrons. The van der Waals surface area contributed by atoms with E-state index in [0.717, 1.165) is 31.8 Å². The molecule has 2 nitrogen and oxygen atoms in total. The zero-order chi connectivity index (χ0) is 13.8. The third kappa shape index (κ3) is 4.76. The molecule has 0 radical (unpaired) electrons. The molecule has 0 bridgehead atoms. The van der Waals surface area contributed by atoms with Crippen LogP contribution < -0.4 is 5.73 Å². The van der Waals surface area contributed by atoms with Gasteiger partial charge in [0.2, 0.25) is 0 Å². The number of alkyl halides is 3. The highest BCUT2D eigenvalue weighted by atomic mass is 19.4. The van der Waals surface area contributed by atoms with Crippen molar-refractivity contribution in [1.82, 2.24) is 4.90 Å². The Balaban J connectivity index is 2.46. The third-order valence-electron chi connectivity index (χ3n) is 4.16. The Morgan fingerprint density at radius 1 is 1.17 bits per heavy atom. The van der Waals surface area contributed by atoms with Crippen LogP contribution >= 0.6 is 0 Å². The minimum absolute atomic E-state index is 0.170. The molecular weight excluding hydrogens is 241 g/mol. The smallest absolute Gasteiger partial charge is 0.329 e. The van der Waals surface area contributed by atoms with Crippen molar-refractivity contribution in [3.05, 3.63) is 0 Å². The van der Waals surface area contributed by atoms with Gasteiger partial charge in [-0.05, 0) is 51.6 Å². The normalized spacial score (nSPS) is 23.0. The first kappa shape index (κ1) is 15.8. The molecule has 1 aliphatic rings. The van der Waals surface area contributed by atoms with E-state index < -0.39 is 12.6 Å². The molecular formula is C13H25F3N2. The van der Waals surface area contributed by atoms with Crippen LogP contribution in [-0.4, -0.2) is 36.2 Å². The number of hydrogen-bond acceptors (Lipinski definition) is 2. The minimum atomic E-state index is -4.05. The highest BCUT2D eigenvalue weighted by Gasteiger charge is 2.34. The van der Waals surface area contributed by atoms with E-state index in [9.17, 15) is 13.2 Å². The molecule has 0 saturated carbocycles.